The quantitative estimate of drug-likeness (QED) is 0.0420. The molecule has 0 heterocycles. The fourth-order valence-corrected chi connectivity index (χ4v) is 11.6. The summed E-state index contributed by atoms with van der Waals surface area (Å²) in [6.07, 6.45) is 1.13. The van der Waals surface area contributed by atoms with Crippen molar-refractivity contribution in [3.8, 4) is 17.2 Å². The summed E-state index contributed by atoms with van der Waals surface area (Å²) in [7, 11) is 4.56. The first kappa shape index (κ1) is 97.5. The second-order valence-electron chi connectivity index (χ2n) is 22.4. The number of ether oxygens (including phenoxy) is 3. The SMILES string of the molecule is C.C.C.C.C.COc1ccccc1C(=O)CCC(=O)c1cccc(Br)c1.COc1ccccc1C(=O)CCC(=O)c1cccc(Cl)c1.COc1ccccc1C(=O)CCC(=O)c1ccccc1Cl.O=C(CCC(=O)c1cc(Cl)ccc1Cl)c1ccccc1Cl.O=C(CCC(=O)c1ccccc1Cl)c1cccc(F)c1. The number of ketones is 10. The predicted molar refractivity (Wildman–Crippen MR) is 445 cm³/mol. The molecular formula is C88H88BrCl6FO13. The summed E-state index contributed by atoms with van der Waals surface area (Å²) in [5.74, 6) is -0.313. The van der Waals surface area contributed by atoms with Gasteiger partial charge in [0.2, 0.25) is 0 Å². The van der Waals surface area contributed by atoms with Crippen LogP contribution in [0, 0.1) is 5.82 Å². The van der Waals surface area contributed by atoms with Gasteiger partial charge in [0.15, 0.2) is 57.8 Å². The van der Waals surface area contributed by atoms with Crippen LogP contribution in [0.25, 0.3) is 0 Å². The molecule has 10 rings (SSSR count). The number of carbonyl (C=O) groups excluding carboxylic acids is 10. The molecule has 0 N–H and O–H groups in total. The highest BCUT2D eigenvalue weighted by molar-refractivity contribution is 9.10. The van der Waals surface area contributed by atoms with Crippen LogP contribution in [0.2, 0.25) is 30.1 Å². The van der Waals surface area contributed by atoms with Gasteiger partial charge in [-0.3, -0.25) is 47.9 Å². The number of halogens is 8. The molecule has 0 saturated heterocycles. The number of hydrogen-bond donors (Lipinski definition) is 0. The molecule has 0 unspecified atom stereocenters. The van der Waals surface area contributed by atoms with E-state index in [1.54, 1.807) is 194 Å². The summed E-state index contributed by atoms with van der Waals surface area (Å²) in [6, 6.07) is 65.4. The summed E-state index contributed by atoms with van der Waals surface area (Å²) >= 11 is 38.8. The maximum absolute atomic E-state index is 13.0. The Morgan fingerprint density at radius 2 is 0.523 bits per heavy atom. The van der Waals surface area contributed by atoms with Gasteiger partial charge in [-0.1, -0.05) is 232 Å². The zero-order valence-electron chi connectivity index (χ0n) is 56.4. The lowest BCUT2D eigenvalue weighted by Gasteiger charge is -2.07. The van der Waals surface area contributed by atoms with Gasteiger partial charge in [-0.15, -0.1) is 0 Å². The lowest BCUT2D eigenvalue weighted by atomic mass is 10.0. The lowest BCUT2D eigenvalue weighted by molar-refractivity contribution is 0.0916. The Bertz CT molecular complexity index is 4600. The van der Waals surface area contributed by atoms with Gasteiger partial charge in [-0.25, -0.2) is 4.39 Å². The van der Waals surface area contributed by atoms with E-state index in [0.29, 0.717) is 97.5 Å². The van der Waals surface area contributed by atoms with E-state index in [4.69, 9.17) is 83.8 Å². The summed E-state index contributed by atoms with van der Waals surface area (Å²) in [4.78, 5) is 121. The van der Waals surface area contributed by atoms with Crippen LogP contribution in [0.3, 0.4) is 0 Å². The summed E-state index contributed by atoms with van der Waals surface area (Å²) in [6.45, 7) is 0. The first-order valence-electron chi connectivity index (χ1n) is 32.1. The van der Waals surface area contributed by atoms with Crippen LogP contribution in [0.15, 0.2) is 241 Å². The van der Waals surface area contributed by atoms with Crippen molar-refractivity contribution in [2.75, 3.05) is 21.3 Å². The molecule has 10 aromatic carbocycles. The molecule has 0 aliphatic carbocycles. The van der Waals surface area contributed by atoms with E-state index in [0.717, 1.165) is 4.47 Å². The van der Waals surface area contributed by atoms with Crippen molar-refractivity contribution in [2.24, 2.45) is 0 Å². The maximum atomic E-state index is 13.0. The van der Waals surface area contributed by atoms with Crippen LogP contribution in [0.1, 0.15) is 205 Å². The Morgan fingerprint density at radius 3 is 0.844 bits per heavy atom. The van der Waals surface area contributed by atoms with E-state index in [2.05, 4.69) is 15.9 Å². The van der Waals surface area contributed by atoms with Crippen molar-refractivity contribution in [2.45, 2.75) is 101 Å². The van der Waals surface area contributed by atoms with Gasteiger partial charge in [-0.2, -0.15) is 0 Å². The van der Waals surface area contributed by atoms with Gasteiger partial charge in [0.05, 0.1) is 58.1 Å². The van der Waals surface area contributed by atoms with E-state index >= 15 is 0 Å². The molecule has 13 nitrogen and oxygen atoms in total. The molecule has 21 heteroatoms. The second-order valence-corrected chi connectivity index (χ2v) is 25.8. The molecule has 0 spiro atoms. The fourth-order valence-electron chi connectivity index (χ4n) is 9.89. The Balaban J connectivity index is 0.000000674. The predicted octanol–water partition coefficient (Wildman–Crippen LogP) is 25.7. The number of carbonyl (C=O) groups is 10. The zero-order chi connectivity index (χ0) is 75.7. The van der Waals surface area contributed by atoms with Crippen molar-refractivity contribution >= 4 is 143 Å². The number of Topliss-reactive ketones (excluding diaryl/α,β-unsaturated/α-hetero) is 10. The van der Waals surface area contributed by atoms with Crippen molar-refractivity contribution in [1.82, 2.24) is 0 Å². The average Bonchev–Trinajstić information content (AvgIpc) is 0.858. The van der Waals surface area contributed by atoms with Crippen molar-refractivity contribution in [3.05, 3.63) is 333 Å². The molecule has 0 fully saturated rings. The standard InChI is InChI=1S/C17H15BrO3.2C17H15ClO3.C16H11Cl3O2.C16H12ClFO2.5CH4/c1-21-17-8-3-2-7-14(17)16(20)10-9-15(19)12-5-4-6-13(18)11-12;1-21-17-9-5-3-7-13(17)16(20)11-10-15(19)12-6-2-4-8-14(12)18;1-21-17-8-3-2-7-14(17)16(20)10-9-15(19)12-5-4-6-13(18)11-12;17-10-5-6-14(19)12(9-10)16(21)8-7-15(20)11-3-1-2-4-13(11)18;17-14-7-2-1-6-13(14)16(20)9-8-15(19)11-4-3-5-12(18)10-11;;;;;/h2-8,11H,9-10H2,1H3;2-9H,10-11H2,1H3;2-8,11H,9-10H2,1H3;1-6,9H,7-8H2;1-7,10H,8-9H2;5*1H4. The van der Waals surface area contributed by atoms with Gasteiger partial charge < -0.3 is 14.2 Å². The third-order valence-corrected chi connectivity index (χ3v) is 17.6. The normalized spacial score (nSPS) is 9.79. The molecule has 109 heavy (non-hydrogen) atoms. The van der Waals surface area contributed by atoms with Crippen LogP contribution >= 0.6 is 85.5 Å². The summed E-state index contributed by atoms with van der Waals surface area (Å²) < 4.78 is 29.3. The molecule has 0 aliphatic rings. The average molecular weight is 1670 g/mol. The third-order valence-electron chi connectivity index (χ3n) is 15.3. The van der Waals surface area contributed by atoms with Crippen LogP contribution < -0.4 is 14.2 Å². The van der Waals surface area contributed by atoms with E-state index in [1.165, 1.54) is 51.7 Å². The lowest BCUT2D eigenvalue weighted by Crippen LogP contribution is -2.07. The number of methoxy groups -OCH3 is 3. The number of rotatable bonds is 28. The van der Waals surface area contributed by atoms with Crippen LogP contribution in [0.4, 0.5) is 4.39 Å². The largest absolute Gasteiger partial charge is 0.496 e. The van der Waals surface area contributed by atoms with Crippen molar-refractivity contribution in [1.29, 1.82) is 0 Å². The van der Waals surface area contributed by atoms with E-state index in [1.807, 2.05) is 12.1 Å². The van der Waals surface area contributed by atoms with Gasteiger partial charge in [0.1, 0.15) is 23.1 Å². The van der Waals surface area contributed by atoms with Crippen molar-refractivity contribution < 1.29 is 66.5 Å². The molecule has 0 atom stereocenters. The molecule has 10 aromatic rings. The van der Waals surface area contributed by atoms with Gasteiger partial charge in [0.25, 0.3) is 0 Å². The Labute approximate surface area is 677 Å². The molecule has 574 valence electrons. The Hall–Kier alpha value is -9.55. The van der Waals surface area contributed by atoms with E-state index in [-0.39, 0.29) is 165 Å². The van der Waals surface area contributed by atoms with Crippen LogP contribution in [-0.4, -0.2) is 79.2 Å². The van der Waals surface area contributed by atoms with E-state index < -0.39 is 5.82 Å². The summed E-state index contributed by atoms with van der Waals surface area (Å²) in [5.41, 5.74) is 4.52. The van der Waals surface area contributed by atoms with Gasteiger partial charge >= 0.3 is 0 Å². The minimum absolute atomic E-state index is 0. The van der Waals surface area contributed by atoms with E-state index in [9.17, 15) is 52.3 Å². The van der Waals surface area contributed by atoms with Gasteiger partial charge in [-0.05, 0) is 127 Å². The molecule has 0 saturated carbocycles. The molecule has 0 bridgehead atoms. The number of hydrogen-bond acceptors (Lipinski definition) is 13. The molecule has 0 aromatic heterocycles. The second kappa shape index (κ2) is 51.0. The number of para-hydroxylation sites is 3. The zero-order valence-corrected chi connectivity index (χ0v) is 62.5. The molecule has 0 aliphatic heterocycles. The monoisotopic (exact) mass is 1660 g/mol. The Kier molecular flexibility index (Phi) is 45.6. The third kappa shape index (κ3) is 31.5. The van der Waals surface area contributed by atoms with Gasteiger partial charge in [0, 0.05) is 118 Å². The minimum atomic E-state index is -0.465. The highest BCUT2D eigenvalue weighted by atomic mass is 79.9. The smallest absolute Gasteiger partial charge is 0.167 e. The fraction of sp³-hybridized carbons (Fsp3) is 0.205. The highest BCUT2D eigenvalue weighted by Gasteiger charge is 2.21. The number of benzene rings is 10. The minimum Gasteiger partial charge on any atom is -0.496 e. The molecule has 0 amide bonds. The molecule has 0 radical (unpaired) electrons. The van der Waals surface area contributed by atoms with Crippen LogP contribution in [0.5, 0.6) is 17.2 Å². The summed E-state index contributed by atoms with van der Waals surface area (Å²) in [5, 5.41) is 2.44. The molecular weight excluding hydrogens is 1580 g/mol. The maximum Gasteiger partial charge on any atom is 0.167 e. The van der Waals surface area contributed by atoms with Crippen LogP contribution in [-0.2, 0) is 0 Å². The topological polar surface area (TPSA) is 198 Å². The first-order valence-corrected chi connectivity index (χ1v) is 35.2. The Morgan fingerprint density at radius 1 is 0.266 bits per heavy atom. The van der Waals surface area contributed by atoms with Crippen molar-refractivity contribution in [3.63, 3.8) is 0 Å². The highest BCUT2D eigenvalue weighted by Crippen LogP contribution is 2.28. The first-order chi connectivity index (χ1) is 49.9.